The Balaban J connectivity index is 1.81. The van der Waals surface area contributed by atoms with Gasteiger partial charge in [-0.2, -0.15) is 0 Å². The first-order valence-corrected chi connectivity index (χ1v) is 7.21. The lowest BCUT2D eigenvalue weighted by molar-refractivity contribution is 0.0697. The Morgan fingerprint density at radius 1 is 1.25 bits per heavy atom. The fraction of sp³-hybridized carbons (Fsp3) is 0.118. The predicted octanol–water partition coefficient (Wildman–Crippen LogP) is 2.13. The van der Waals surface area contributed by atoms with E-state index in [4.69, 9.17) is 21.0 Å². The highest BCUT2D eigenvalue weighted by Crippen LogP contribution is 2.19. The number of carboxylic acid groups (broad SMARTS) is 1. The third-order valence-electron chi connectivity index (χ3n) is 3.75. The van der Waals surface area contributed by atoms with E-state index in [1.54, 1.807) is 42.5 Å². The lowest BCUT2D eigenvalue weighted by atomic mass is 10.2. The number of carbonyl (C=O) groups is 1. The number of carboxylic acids is 1. The van der Waals surface area contributed by atoms with Gasteiger partial charge in [0.15, 0.2) is 0 Å². The van der Waals surface area contributed by atoms with E-state index in [1.807, 2.05) is 11.6 Å². The number of nitrogens with zero attached hydrogens (tertiary/aromatic N) is 2. The van der Waals surface area contributed by atoms with Crippen LogP contribution in [-0.2, 0) is 13.7 Å². The zero-order valence-corrected chi connectivity index (χ0v) is 13.0. The highest BCUT2D eigenvalue weighted by atomic mass is 16.5. The summed E-state index contributed by atoms with van der Waals surface area (Å²) < 4.78 is 7.57. The van der Waals surface area contributed by atoms with E-state index < -0.39 is 5.97 Å². The van der Waals surface area contributed by atoms with E-state index in [2.05, 4.69) is 4.98 Å². The number of imidazole rings is 1. The van der Waals surface area contributed by atoms with Crippen molar-refractivity contribution in [2.75, 3.05) is 0 Å². The second-order valence-electron chi connectivity index (χ2n) is 5.32. The molecule has 24 heavy (non-hydrogen) atoms. The number of nitrogens with one attached hydrogen (secondary N) is 1. The molecule has 0 amide bonds. The monoisotopic (exact) mass is 324 g/mol. The number of aromatic nitrogens is 2. The van der Waals surface area contributed by atoms with Crippen LogP contribution in [-0.4, -0.2) is 26.5 Å². The van der Waals surface area contributed by atoms with Crippen molar-refractivity contribution in [2.45, 2.75) is 6.61 Å². The second kappa shape index (κ2) is 6.04. The Labute approximate surface area is 137 Å². The molecule has 0 atom stereocenters. The molecule has 1 heterocycles. The van der Waals surface area contributed by atoms with Crippen molar-refractivity contribution < 1.29 is 14.6 Å². The molecule has 0 bridgehead atoms. The van der Waals surface area contributed by atoms with Gasteiger partial charge in [-0.15, -0.1) is 0 Å². The molecule has 0 aliphatic carbocycles. The number of aryl methyl sites for hydroxylation is 1. The van der Waals surface area contributed by atoms with Gasteiger partial charge in [0.1, 0.15) is 24.0 Å². The van der Waals surface area contributed by atoms with Gasteiger partial charge in [0, 0.05) is 12.6 Å². The minimum absolute atomic E-state index is 0.00568. The zero-order valence-electron chi connectivity index (χ0n) is 13.0. The molecule has 0 saturated carbocycles. The van der Waals surface area contributed by atoms with Gasteiger partial charge in [-0.05, 0) is 42.5 Å². The van der Waals surface area contributed by atoms with Gasteiger partial charge >= 0.3 is 5.97 Å². The number of ether oxygens (including phenoxy) is 1. The number of hydrogen-bond donors (Lipinski definition) is 3. The molecule has 1 aromatic heterocycles. The van der Waals surface area contributed by atoms with E-state index >= 15 is 0 Å². The van der Waals surface area contributed by atoms with Gasteiger partial charge in [-0.1, -0.05) is 0 Å². The highest BCUT2D eigenvalue weighted by molar-refractivity contribution is 5.95. The SMILES string of the molecule is Cn1c(COc2ccc(C(=N)N)cc2)nc2cc(C(=O)O)ccc21. The van der Waals surface area contributed by atoms with Gasteiger partial charge in [0.25, 0.3) is 0 Å². The molecule has 122 valence electrons. The lowest BCUT2D eigenvalue weighted by Gasteiger charge is -2.07. The molecular formula is C17H16N4O3. The van der Waals surface area contributed by atoms with Crippen molar-refractivity contribution in [2.24, 2.45) is 12.8 Å². The molecule has 2 aromatic carbocycles. The van der Waals surface area contributed by atoms with Crippen molar-refractivity contribution in [3.05, 3.63) is 59.4 Å². The number of benzene rings is 2. The van der Waals surface area contributed by atoms with E-state index in [0.717, 1.165) is 5.52 Å². The molecule has 3 rings (SSSR count). The van der Waals surface area contributed by atoms with Gasteiger partial charge in [0.05, 0.1) is 16.6 Å². The third-order valence-corrected chi connectivity index (χ3v) is 3.75. The molecule has 7 heteroatoms. The first-order chi connectivity index (χ1) is 11.5. The van der Waals surface area contributed by atoms with Gasteiger partial charge in [-0.25, -0.2) is 9.78 Å². The zero-order chi connectivity index (χ0) is 17.3. The fourth-order valence-corrected chi connectivity index (χ4v) is 2.39. The third kappa shape index (κ3) is 2.91. The topological polar surface area (TPSA) is 114 Å². The average Bonchev–Trinajstić information content (AvgIpc) is 2.89. The normalized spacial score (nSPS) is 10.7. The number of nitrogen functional groups attached to an aromatic ring is 1. The predicted molar refractivity (Wildman–Crippen MR) is 89.5 cm³/mol. The van der Waals surface area contributed by atoms with Crippen LogP contribution in [0.4, 0.5) is 0 Å². The Hall–Kier alpha value is -3.35. The van der Waals surface area contributed by atoms with Crippen LogP contribution in [0.15, 0.2) is 42.5 Å². The Kier molecular flexibility index (Phi) is 3.91. The lowest BCUT2D eigenvalue weighted by Crippen LogP contribution is -2.10. The molecule has 0 fully saturated rings. The molecular weight excluding hydrogens is 308 g/mol. The highest BCUT2D eigenvalue weighted by Gasteiger charge is 2.11. The quantitative estimate of drug-likeness (QED) is 0.491. The second-order valence-corrected chi connectivity index (χ2v) is 5.32. The Morgan fingerprint density at radius 3 is 2.54 bits per heavy atom. The van der Waals surface area contributed by atoms with Crippen molar-refractivity contribution in [1.82, 2.24) is 9.55 Å². The maximum atomic E-state index is 11.0. The molecule has 0 saturated heterocycles. The van der Waals surface area contributed by atoms with Crippen molar-refractivity contribution in [3.8, 4) is 5.75 Å². The van der Waals surface area contributed by atoms with Crippen LogP contribution in [0.2, 0.25) is 0 Å². The molecule has 4 N–H and O–H groups in total. The standard InChI is InChI=1S/C17H16N4O3/c1-21-14-7-4-11(17(22)23)8-13(14)20-15(21)9-24-12-5-2-10(3-6-12)16(18)19/h2-8H,9H2,1H3,(H3,18,19)(H,22,23). The first kappa shape index (κ1) is 15.5. The van der Waals surface area contributed by atoms with Crippen LogP contribution in [0.25, 0.3) is 11.0 Å². The minimum Gasteiger partial charge on any atom is -0.486 e. The molecule has 7 nitrogen and oxygen atoms in total. The smallest absolute Gasteiger partial charge is 0.335 e. The molecule has 0 radical (unpaired) electrons. The van der Waals surface area contributed by atoms with Crippen LogP contribution >= 0.6 is 0 Å². The number of hydrogen-bond acceptors (Lipinski definition) is 4. The molecule has 0 unspecified atom stereocenters. The number of nitrogens with two attached hydrogens (primary N) is 1. The number of amidine groups is 1. The summed E-state index contributed by atoms with van der Waals surface area (Å²) in [5, 5.41) is 16.4. The van der Waals surface area contributed by atoms with Crippen molar-refractivity contribution in [3.63, 3.8) is 0 Å². The summed E-state index contributed by atoms with van der Waals surface area (Å²) in [6, 6.07) is 11.7. The number of rotatable bonds is 5. The number of fused-ring (bicyclic) bond motifs is 1. The van der Waals surface area contributed by atoms with E-state index in [1.165, 1.54) is 0 Å². The van der Waals surface area contributed by atoms with Crippen LogP contribution in [0.1, 0.15) is 21.7 Å². The molecule has 0 spiro atoms. The van der Waals surface area contributed by atoms with E-state index in [-0.39, 0.29) is 18.0 Å². The van der Waals surface area contributed by atoms with Crippen LogP contribution in [0.5, 0.6) is 5.75 Å². The summed E-state index contributed by atoms with van der Waals surface area (Å²) in [6.07, 6.45) is 0. The summed E-state index contributed by atoms with van der Waals surface area (Å²) in [5.74, 6) is 0.346. The fourth-order valence-electron chi connectivity index (χ4n) is 2.39. The Bertz CT molecular complexity index is 929. The molecule has 0 aliphatic heterocycles. The Morgan fingerprint density at radius 2 is 1.92 bits per heavy atom. The average molecular weight is 324 g/mol. The maximum Gasteiger partial charge on any atom is 0.335 e. The molecule has 0 aliphatic rings. The summed E-state index contributed by atoms with van der Waals surface area (Å²) in [4.78, 5) is 15.5. The molecule has 3 aromatic rings. The van der Waals surface area contributed by atoms with Crippen molar-refractivity contribution in [1.29, 1.82) is 5.41 Å². The van der Waals surface area contributed by atoms with Crippen LogP contribution in [0.3, 0.4) is 0 Å². The minimum atomic E-state index is -0.981. The first-order valence-electron chi connectivity index (χ1n) is 7.21. The summed E-state index contributed by atoms with van der Waals surface area (Å²) in [5.41, 5.74) is 7.70. The van der Waals surface area contributed by atoms with Crippen molar-refractivity contribution >= 4 is 22.8 Å². The van der Waals surface area contributed by atoms with Crippen LogP contribution < -0.4 is 10.5 Å². The number of aromatic carboxylic acids is 1. The van der Waals surface area contributed by atoms with Gasteiger partial charge in [-0.3, -0.25) is 5.41 Å². The summed E-state index contributed by atoms with van der Waals surface area (Å²) in [7, 11) is 1.85. The largest absolute Gasteiger partial charge is 0.486 e. The van der Waals surface area contributed by atoms with Gasteiger partial charge in [0.2, 0.25) is 0 Å². The van der Waals surface area contributed by atoms with E-state index in [9.17, 15) is 4.79 Å². The van der Waals surface area contributed by atoms with Gasteiger partial charge < -0.3 is 20.1 Å². The van der Waals surface area contributed by atoms with Crippen LogP contribution in [0, 0.1) is 5.41 Å². The summed E-state index contributed by atoms with van der Waals surface area (Å²) >= 11 is 0. The maximum absolute atomic E-state index is 11.0. The van der Waals surface area contributed by atoms with E-state index in [0.29, 0.717) is 22.7 Å². The summed E-state index contributed by atoms with van der Waals surface area (Å²) in [6.45, 7) is 0.243.